The topological polar surface area (TPSA) is 125 Å². The molecule has 0 aliphatic carbocycles. The van der Waals surface area contributed by atoms with Gasteiger partial charge in [0.25, 0.3) is 5.91 Å². The quantitative estimate of drug-likeness (QED) is 0.299. The predicted octanol–water partition coefficient (Wildman–Crippen LogP) is 5.04. The highest BCUT2D eigenvalue weighted by atomic mass is 19.4. The molecule has 3 aromatic heterocycles. The molecule has 0 saturated heterocycles. The summed E-state index contributed by atoms with van der Waals surface area (Å²) in [7, 11) is 0. The van der Waals surface area contributed by atoms with Crippen LogP contribution in [0.5, 0.6) is 0 Å². The summed E-state index contributed by atoms with van der Waals surface area (Å²) in [5, 5.41) is 6.87. The molecule has 192 valence electrons. The van der Waals surface area contributed by atoms with Gasteiger partial charge >= 0.3 is 6.18 Å². The number of rotatable bonds is 6. The molecule has 0 aliphatic rings. The molecule has 1 amide bonds. The molecule has 5 rings (SSSR count). The number of nitrogens with zero attached hydrogens (tertiary/aromatic N) is 5. The summed E-state index contributed by atoms with van der Waals surface area (Å²) < 4.78 is 60.1. The van der Waals surface area contributed by atoms with E-state index < -0.39 is 23.5 Å². The standard InChI is InChI=1S/C25H17F4N7O2/c26-17-7-2-1-4-15(17)13-36-20(24-31-8-9-38-24)11-18(35-36)22-32-12-19(21(30)34-22)33-23(37)14-5-3-6-16(10-14)25(27,28)29/h1-12H,13H2,(H,33,37)(H2,30,32,34). The monoisotopic (exact) mass is 523 g/mol. The zero-order chi connectivity index (χ0) is 26.9. The van der Waals surface area contributed by atoms with Crippen molar-refractivity contribution in [2.45, 2.75) is 12.7 Å². The van der Waals surface area contributed by atoms with E-state index in [1.807, 2.05) is 0 Å². The number of nitrogens with one attached hydrogen (secondary N) is 1. The molecular formula is C25H17F4N7O2. The number of nitrogens with two attached hydrogens (primary N) is 1. The Kier molecular flexibility index (Phi) is 6.33. The maximum atomic E-state index is 14.3. The lowest BCUT2D eigenvalue weighted by Gasteiger charge is -2.10. The summed E-state index contributed by atoms with van der Waals surface area (Å²) >= 11 is 0. The molecule has 0 fully saturated rings. The van der Waals surface area contributed by atoms with Gasteiger partial charge in [0.1, 0.15) is 29.2 Å². The molecule has 0 bridgehead atoms. The number of nitrogen functional groups attached to an aromatic ring is 1. The van der Waals surface area contributed by atoms with Crippen LogP contribution >= 0.6 is 0 Å². The van der Waals surface area contributed by atoms with Crippen molar-refractivity contribution in [2.75, 3.05) is 11.1 Å². The number of amides is 1. The second-order valence-corrected chi connectivity index (χ2v) is 8.03. The Morgan fingerprint density at radius 1 is 1.08 bits per heavy atom. The summed E-state index contributed by atoms with van der Waals surface area (Å²) in [6.07, 6.45) is -0.554. The number of halogens is 4. The van der Waals surface area contributed by atoms with Crippen molar-refractivity contribution in [1.82, 2.24) is 24.7 Å². The van der Waals surface area contributed by atoms with Gasteiger partial charge in [0.15, 0.2) is 11.6 Å². The molecule has 38 heavy (non-hydrogen) atoms. The molecular weight excluding hydrogens is 506 g/mol. The fourth-order valence-corrected chi connectivity index (χ4v) is 3.60. The molecule has 3 heterocycles. The van der Waals surface area contributed by atoms with Crippen molar-refractivity contribution in [1.29, 1.82) is 0 Å². The van der Waals surface area contributed by atoms with E-state index in [9.17, 15) is 22.4 Å². The fourth-order valence-electron chi connectivity index (χ4n) is 3.60. The largest absolute Gasteiger partial charge is 0.443 e. The highest BCUT2D eigenvalue weighted by molar-refractivity contribution is 6.05. The zero-order valence-corrected chi connectivity index (χ0v) is 19.3. The Hall–Kier alpha value is -5.07. The number of carbonyl (C=O) groups excluding carboxylic acids is 1. The Balaban J connectivity index is 1.42. The third-order valence-electron chi connectivity index (χ3n) is 5.46. The Labute approximate surface area is 212 Å². The van der Waals surface area contributed by atoms with Gasteiger partial charge in [-0.1, -0.05) is 24.3 Å². The maximum absolute atomic E-state index is 14.3. The second-order valence-electron chi connectivity index (χ2n) is 8.03. The maximum Gasteiger partial charge on any atom is 0.416 e. The molecule has 9 nitrogen and oxygen atoms in total. The van der Waals surface area contributed by atoms with Gasteiger partial charge in [0.05, 0.1) is 24.5 Å². The van der Waals surface area contributed by atoms with E-state index in [0.717, 1.165) is 18.2 Å². The van der Waals surface area contributed by atoms with Crippen LogP contribution in [0.1, 0.15) is 21.5 Å². The van der Waals surface area contributed by atoms with Crippen molar-refractivity contribution in [3.8, 4) is 23.1 Å². The van der Waals surface area contributed by atoms with Gasteiger partial charge < -0.3 is 15.5 Å². The molecule has 3 N–H and O–H groups in total. The van der Waals surface area contributed by atoms with Crippen LogP contribution in [0.3, 0.4) is 0 Å². The fraction of sp³-hybridized carbons (Fsp3) is 0.0800. The number of carbonyl (C=O) groups is 1. The summed E-state index contributed by atoms with van der Waals surface area (Å²) in [6, 6.07) is 11.8. The van der Waals surface area contributed by atoms with E-state index in [1.54, 1.807) is 24.3 Å². The van der Waals surface area contributed by atoms with Gasteiger partial charge in [0.2, 0.25) is 5.89 Å². The van der Waals surface area contributed by atoms with Gasteiger partial charge in [-0.2, -0.15) is 18.3 Å². The summed E-state index contributed by atoms with van der Waals surface area (Å²) in [5.41, 5.74) is 5.89. The van der Waals surface area contributed by atoms with Gasteiger partial charge in [0, 0.05) is 17.2 Å². The first kappa shape index (κ1) is 24.6. The van der Waals surface area contributed by atoms with E-state index in [-0.39, 0.29) is 41.0 Å². The van der Waals surface area contributed by atoms with Gasteiger partial charge in [-0.05, 0) is 24.3 Å². The number of aromatic nitrogens is 5. The van der Waals surface area contributed by atoms with Crippen LogP contribution < -0.4 is 11.1 Å². The molecule has 2 aromatic carbocycles. The number of benzene rings is 2. The van der Waals surface area contributed by atoms with Crippen molar-refractivity contribution in [3.63, 3.8) is 0 Å². The van der Waals surface area contributed by atoms with Crippen LogP contribution in [0.25, 0.3) is 23.1 Å². The van der Waals surface area contributed by atoms with E-state index in [2.05, 4.69) is 25.4 Å². The third kappa shape index (κ3) is 5.07. The first-order chi connectivity index (χ1) is 18.2. The molecule has 13 heteroatoms. The van der Waals surface area contributed by atoms with Crippen molar-refractivity contribution in [2.24, 2.45) is 0 Å². The van der Waals surface area contributed by atoms with Gasteiger partial charge in [-0.15, -0.1) is 0 Å². The van der Waals surface area contributed by atoms with Gasteiger partial charge in [-0.25, -0.2) is 19.3 Å². The SMILES string of the molecule is Nc1nc(-c2cc(-c3ncco3)n(Cc3ccccc3F)n2)ncc1NC(=O)c1cccc(C(F)(F)F)c1. The first-order valence-electron chi connectivity index (χ1n) is 11.0. The molecule has 5 aromatic rings. The number of anilines is 2. The Morgan fingerprint density at radius 3 is 2.61 bits per heavy atom. The average Bonchev–Trinajstić information content (AvgIpc) is 3.56. The van der Waals surface area contributed by atoms with Gasteiger partial charge in [-0.3, -0.25) is 9.48 Å². The first-order valence-corrected chi connectivity index (χ1v) is 11.0. The Bertz CT molecular complexity index is 1610. The minimum absolute atomic E-state index is 0.00474. The predicted molar refractivity (Wildman–Crippen MR) is 128 cm³/mol. The number of hydrogen-bond donors (Lipinski definition) is 2. The normalized spacial score (nSPS) is 11.5. The smallest absolute Gasteiger partial charge is 0.416 e. The van der Waals surface area contributed by atoms with Crippen LogP contribution in [0.4, 0.5) is 29.1 Å². The molecule has 0 radical (unpaired) electrons. The summed E-state index contributed by atoms with van der Waals surface area (Å²) in [5.74, 6) is -1.06. The lowest BCUT2D eigenvalue weighted by molar-refractivity contribution is -0.137. The third-order valence-corrected chi connectivity index (χ3v) is 5.46. The molecule has 0 aliphatic heterocycles. The Morgan fingerprint density at radius 2 is 1.89 bits per heavy atom. The number of alkyl halides is 3. The zero-order valence-electron chi connectivity index (χ0n) is 19.3. The minimum Gasteiger partial charge on any atom is -0.443 e. The lowest BCUT2D eigenvalue weighted by atomic mass is 10.1. The average molecular weight is 523 g/mol. The molecule has 0 saturated carbocycles. The number of hydrogen-bond acceptors (Lipinski definition) is 7. The van der Waals surface area contributed by atoms with Crippen molar-refractivity contribution >= 4 is 17.4 Å². The highest BCUT2D eigenvalue weighted by Crippen LogP contribution is 2.30. The van der Waals surface area contributed by atoms with Crippen LogP contribution in [-0.2, 0) is 12.7 Å². The lowest BCUT2D eigenvalue weighted by Crippen LogP contribution is -2.15. The molecule has 0 atom stereocenters. The van der Waals surface area contributed by atoms with E-state index >= 15 is 0 Å². The minimum atomic E-state index is -4.60. The second kappa shape index (κ2) is 9.76. The van der Waals surface area contributed by atoms with Crippen LogP contribution in [0.2, 0.25) is 0 Å². The molecule has 0 spiro atoms. The highest BCUT2D eigenvalue weighted by Gasteiger charge is 2.31. The number of oxazole rings is 1. The molecule has 0 unspecified atom stereocenters. The van der Waals surface area contributed by atoms with E-state index in [0.29, 0.717) is 11.3 Å². The van der Waals surface area contributed by atoms with Crippen LogP contribution in [-0.4, -0.2) is 30.6 Å². The van der Waals surface area contributed by atoms with Crippen LogP contribution in [0, 0.1) is 5.82 Å². The van der Waals surface area contributed by atoms with Crippen LogP contribution in [0.15, 0.2) is 77.7 Å². The van der Waals surface area contributed by atoms with E-state index in [1.165, 1.54) is 35.5 Å². The van der Waals surface area contributed by atoms with E-state index in [4.69, 9.17) is 10.2 Å². The van der Waals surface area contributed by atoms with Crippen molar-refractivity contribution in [3.05, 3.63) is 95.8 Å². The summed E-state index contributed by atoms with van der Waals surface area (Å²) in [6.45, 7) is 0.0605. The summed E-state index contributed by atoms with van der Waals surface area (Å²) in [4.78, 5) is 25.0. The van der Waals surface area contributed by atoms with Crippen molar-refractivity contribution < 1.29 is 26.8 Å².